The van der Waals surface area contributed by atoms with E-state index in [0.29, 0.717) is 6.42 Å². The van der Waals surface area contributed by atoms with Gasteiger partial charge < -0.3 is 0 Å². The standard InChI is InChI=1S/C11H9FN2O3/c12-8-3-1-7(2-4-8)5-6-14-10(16)9(15)13-11(14)17/h1-4H,5-6H2,(H,13,15,17). The number of nitrogens with zero attached hydrogens (tertiary/aromatic N) is 1. The van der Waals surface area contributed by atoms with Crippen LogP contribution in [0.2, 0.25) is 0 Å². The van der Waals surface area contributed by atoms with Crippen LogP contribution >= 0.6 is 0 Å². The zero-order valence-corrected chi connectivity index (χ0v) is 8.77. The monoisotopic (exact) mass is 236 g/mol. The van der Waals surface area contributed by atoms with Crippen molar-refractivity contribution in [2.75, 3.05) is 6.54 Å². The van der Waals surface area contributed by atoms with E-state index in [4.69, 9.17) is 0 Å². The molecule has 0 spiro atoms. The molecule has 1 aromatic carbocycles. The summed E-state index contributed by atoms with van der Waals surface area (Å²) >= 11 is 0. The molecule has 0 aromatic heterocycles. The number of nitrogens with one attached hydrogen (secondary N) is 1. The molecule has 1 N–H and O–H groups in total. The molecule has 88 valence electrons. The van der Waals surface area contributed by atoms with Crippen molar-refractivity contribution in [1.29, 1.82) is 0 Å². The van der Waals surface area contributed by atoms with Crippen LogP contribution in [0.25, 0.3) is 0 Å². The van der Waals surface area contributed by atoms with Crippen LogP contribution in [0.4, 0.5) is 9.18 Å². The van der Waals surface area contributed by atoms with Gasteiger partial charge in [0, 0.05) is 6.54 Å². The average molecular weight is 236 g/mol. The molecule has 2 rings (SSSR count). The van der Waals surface area contributed by atoms with Crippen LogP contribution < -0.4 is 5.32 Å². The van der Waals surface area contributed by atoms with Crippen LogP contribution in [0, 0.1) is 5.82 Å². The molecule has 0 atom stereocenters. The summed E-state index contributed by atoms with van der Waals surface area (Å²) in [7, 11) is 0. The fourth-order valence-corrected chi connectivity index (χ4v) is 1.53. The molecule has 5 nitrogen and oxygen atoms in total. The molecular weight excluding hydrogens is 227 g/mol. The second-order valence-corrected chi connectivity index (χ2v) is 3.59. The molecule has 1 fully saturated rings. The van der Waals surface area contributed by atoms with E-state index in [1.807, 2.05) is 5.32 Å². The third kappa shape index (κ3) is 2.30. The summed E-state index contributed by atoms with van der Waals surface area (Å²) in [6, 6.07) is 5.02. The van der Waals surface area contributed by atoms with E-state index in [9.17, 15) is 18.8 Å². The lowest BCUT2D eigenvalue weighted by Gasteiger charge is -2.10. The second kappa shape index (κ2) is 4.32. The molecule has 1 saturated heterocycles. The first-order chi connectivity index (χ1) is 8.08. The number of rotatable bonds is 3. The third-order valence-electron chi connectivity index (χ3n) is 2.44. The van der Waals surface area contributed by atoms with Crippen molar-refractivity contribution in [1.82, 2.24) is 10.2 Å². The number of carbonyl (C=O) groups is 3. The van der Waals surface area contributed by atoms with E-state index in [1.54, 1.807) is 12.1 Å². The molecule has 1 aliphatic rings. The highest BCUT2D eigenvalue weighted by Crippen LogP contribution is 2.07. The molecular formula is C11H9FN2O3. The summed E-state index contributed by atoms with van der Waals surface area (Å²) in [6.45, 7) is 0.0992. The van der Waals surface area contributed by atoms with E-state index >= 15 is 0 Å². The van der Waals surface area contributed by atoms with Gasteiger partial charge in [0.15, 0.2) is 0 Å². The lowest BCUT2D eigenvalue weighted by Crippen LogP contribution is -2.32. The van der Waals surface area contributed by atoms with Gasteiger partial charge in [0.25, 0.3) is 0 Å². The Hall–Kier alpha value is -2.24. The van der Waals surface area contributed by atoms with Crippen LogP contribution in [0.5, 0.6) is 0 Å². The smallest absolute Gasteiger partial charge is 0.269 e. The first-order valence-electron chi connectivity index (χ1n) is 4.99. The molecule has 0 radical (unpaired) electrons. The van der Waals surface area contributed by atoms with Gasteiger partial charge in [-0.25, -0.2) is 9.18 Å². The zero-order chi connectivity index (χ0) is 12.4. The lowest BCUT2D eigenvalue weighted by atomic mass is 10.1. The van der Waals surface area contributed by atoms with Crippen molar-refractivity contribution in [3.8, 4) is 0 Å². The van der Waals surface area contributed by atoms with E-state index < -0.39 is 17.8 Å². The highest BCUT2D eigenvalue weighted by Gasteiger charge is 2.36. The van der Waals surface area contributed by atoms with Crippen LogP contribution in [0.15, 0.2) is 24.3 Å². The summed E-state index contributed by atoms with van der Waals surface area (Å²) in [6.07, 6.45) is 0.382. The SMILES string of the molecule is O=C1NC(=O)N(CCc2ccc(F)cc2)C1=O. The Kier molecular flexibility index (Phi) is 2.86. The summed E-state index contributed by atoms with van der Waals surface area (Å²) < 4.78 is 12.6. The first-order valence-corrected chi connectivity index (χ1v) is 4.99. The van der Waals surface area contributed by atoms with Gasteiger partial charge in [0.1, 0.15) is 5.82 Å². The van der Waals surface area contributed by atoms with Crippen molar-refractivity contribution in [3.63, 3.8) is 0 Å². The minimum atomic E-state index is -0.908. The van der Waals surface area contributed by atoms with E-state index in [0.717, 1.165) is 10.5 Å². The summed E-state index contributed by atoms with van der Waals surface area (Å²) in [5.41, 5.74) is 0.784. The molecule has 4 amide bonds. The molecule has 0 aliphatic carbocycles. The average Bonchev–Trinajstić information content (AvgIpc) is 2.54. The fourth-order valence-electron chi connectivity index (χ4n) is 1.53. The van der Waals surface area contributed by atoms with E-state index in [-0.39, 0.29) is 12.4 Å². The largest absolute Gasteiger partial charge is 0.331 e. The topological polar surface area (TPSA) is 66.5 Å². The van der Waals surface area contributed by atoms with Gasteiger partial charge >= 0.3 is 17.8 Å². The van der Waals surface area contributed by atoms with Crippen LogP contribution in [0.1, 0.15) is 5.56 Å². The molecule has 1 aromatic rings. The van der Waals surface area contributed by atoms with Crippen molar-refractivity contribution in [3.05, 3.63) is 35.6 Å². The number of benzene rings is 1. The van der Waals surface area contributed by atoms with Gasteiger partial charge in [0.05, 0.1) is 0 Å². The normalized spacial score (nSPS) is 15.4. The van der Waals surface area contributed by atoms with Crippen LogP contribution in [-0.4, -0.2) is 29.3 Å². The number of urea groups is 1. The Morgan fingerprint density at radius 2 is 1.76 bits per heavy atom. The Labute approximate surface area is 96.2 Å². The number of carbonyl (C=O) groups excluding carboxylic acids is 3. The lowest BCUT2D eigenvalue weighted by molar-refractivity contribution is -0.140. The van der Waals surface area contributed by atoms with Crippen molar-refractivity contribution < 1.29 is 18.8 Å². The van der Waals surface area contributed by atoms with Gasteiger partial charge in [-0.3, -0.25) is 19.8 Å². The number of hydrogen-bond acceptors (Lipinski definition) is 3. The molecule has 0 saturated carbocycles. The van der Waals surface area contributed by atoms with E-state index in [1.165, 1.54) is 12.1 Å². The van der Waals surface area contributed by atoms with Gasteiger partial charge in [0.2, 0.25) is 0 Å². The number of amides is 4. The highest BCUT2D eigenvalue weighted by atomic mass is 19.1. The van der Waals surface area contributed by atoms with E-state index in [2.05, 4.69) is 0 Å². The Bertz CT molecular complexity index is 484. The van der Waals surface area contributed by atoms with Crippen LogP contribution in [0.3, 0.4) is 0 Å². The predicted molar refractivity (Wildman–Crippen MR) is 55.4 cm³/mol. The van der Waals surface area contributed by atoms with Crippen LogP contribution in [-0.2, 0) is 16.0 Å². The molecule has 0 bridgehead atoms. The molecule has 1 aliphatic heterocycles. The summed E-state index contributed by atoms with van der Waals surface area (Å²) in [5.74, 6) is -2.11. The summed E-state index contributed by atoms with van der Waals surface area (Å²) in [5, 5.41) is 1.90. The number of halogens is 1. The van der Waals surface area contributed by atoms with Gasteiger partial charge in [-0.05, 0) is 24.1 Å². The van der Waals surface area contributed by atoms with Gasteiger partial charge in [-0.2, -0.15) is 0 Å². The predicted octanol–water partition coefficient (Wildman–Crippen LogP) is 0.447. The quantitative estimate of drug-likeness (QED) is 0.612. The maximum absolute atomic E-state index is 12.6. The maximum Gasteiger partial charge on any atom is 0.331 e. The molecule has 1 heterocycles. The zero-order valence-electron chi connectivity index (χ0n) is 8.77. The number of hydrogen-bond donors (Lipinski definition) is 1. The maximum atomic E-state index is 12.6. The molecule has 17 heavy (non-hydrogen) atoms. The fraction of sp³-hybridized carbons (Fsp3) is 0.182. The number of imide groups is 2. The van der Waals surface area contributed by atoms with Crippen molar-refractivity contribution in [2.24, 2.45) is 0 Å². The highest BCUT2D eigenvalue weighted by molar-refractivity contribution is 6.44. The minimum Gasteiger partial charge on any atom is -0.269 e. The minimum absolute atomic E-state index is 0.0992. The van der Waals surface area contributed by atoms with Crippen molar-refractivity contribution in [2.45, 2.75) is 6.42 Å². The molecule has 0 unspecified atom stereocenters. The van der Waals surface area contributed by atoms with Gasteiger partial charge in [-0.1, -0.05) is 12.1 Å². The second-order valence-electron chi connectivity index (χ2n) is 3.59. The Balaban J connectivity index is 1.99. The Morgan fingerprint density at radius 3 is 2.29 bits per heavy atom. The first kappa shape index (κ1) is 11.3. The van der Waals surface area contributed by atoms with Gasteiger partial charge in [-0.15, -0.1) is 0 Å². The van der Waals surface area contributed by atoms with Crippen molar-refractivity contribution >= 4 is 17.8 Å². The molecule has 6 heteroatoms. The third-order valence-corrected chi connectivity index (χ3v) is 2.44. The Morgan fingerprint density at radius 1 is 1.12 bits per heavy atom. The summed E-state index contributed by atoms with van der Waals surface area (Å²) in [4.78, 5) is 34.1.